The molecule has 1 aliphatic rings. The Kier molecular flexibility index (Phi) is 3.35. The van der Waals surface area contributed by atoms with Crippen LogP contribution < -0.4 is 11.1 Å². The largest absolute Gasteiger partial charge is 0.460 e. The van der Waals surface area contributed by atoms with Gasteiger partial charge in [-0.15, -0.1) is 0 Å². The standard InChI is InChI=1S/C15H20N2O/c16-9-11-5-6-15-12(7-11)8-14(18-15)10-17-13-3-1-2-4-13/h5-8,13,17H,1-4,9-10,16H2. The smallest absolute Gasteiger partial charge is 0.134 e. The highest BCUT2D eigenvalue weighted by molar-refractivity contribution is 5.78. The molecule has 0 amide bonds. The number of nitrogens with one attached hydrogen (secondary N) is 1. The Morgan fingerprint density at radius 3 is 2.83 bits per heavy atom. The van der Waals surface area contributed by atoms with Gasteiger partial charge in [-0.3, -0.25) is 0 Å². The van der Waals surface area contributed by atoms with Gasteiger partial charge in [0, 0.05) is 18.0 Å². The zero-order valence-electron chi connectivity index (χ0n) is 10.6. The molecule has 3 N–H and O–H groups in total. The third-order valence-corrected chi connectivity index (χ3v) is 3.79. The Hall–Kier alpha value is -1.32. The lowest BCUT2D eigenvalue weighted by Gasteiger charge is -2.09. The molecule has 0 unspecified atom stereocenters. The number of fused-ring (bicyclic) bond motifs is 1. The molecule has 1 aromatic carbocycles. The van der Waals surface area contributed by atoms with E-state index in [9.17, 15) is 0 Å². The second kappa shape index (κ2) is 5.12. The zero-order chi connectivity index (χ0) is 12.4. The predicted octanol–water partition coefficient (Wildman–Crippen LogP) is 2.92. The van der Waals surface area contributed by atoms with Gasteiger partial charge in [-0.25, -0.2) is 0 Å². The third kappa shape index (κ3) is 2.42. The minimum Gasteiger partial charge on any atom is -0.460 e. The first-order valence-corrected chi connectivity index (χ1v) is 6.80. The molecule has 3 heteroatoms. The highest BCUT2D eigenvalue weighted by Crippen LogP contribution is 2.22. The summed E-state index contributed by atoms with van der Waals surface area (Å²) in [6.45, 7) is 1.41. The van der Waals surface area contributed by atoms with Crippen molar-refractivity contribution in [2.45, 2.75) is 44.8 Å². The summed E-state index contributed by atoms with van der Waals surface area (Å²) in [6, 6.07) is 8.95. The Morgan fingerprint density at radius 1 is 1.22 bits per heavy atom. The monoisotopic (exact) mass is 244 g/mol. The summed E-state index contributed by atoms with van der Waals surface area (Å²) in [4.78, 5) is 0. The van der Waals surface area contributed by atoms with E-state index in [0.29, 0.717) is 12.6 Å². The van der Waals surface area contributed by atoms with Crippen molar-refractivity contribution in [3.8, 4) is 0 Å². The third-order valence-electron chi connectivity index (χ3n) is 3.79. The number of hydrogen-bond donors (Lipinski definition) is 2. The van der Waals surface area contributed by atoms with Gasteiger partial charge in [0.15, 0.2) is 0 Å². The maximum atomic E-state index is 5.82. The van der Waals surface area contributed by atoms with Gasteiger partial charge < -0.3 is 15.5 Å². The maximum Gasteiger partial charge on any atom is 0.134 e. The van der Waals surface area contributed by atoms with E-state index in [1.165, 1.54) is 25.7 Å². The molecule has 1 heterocycles. The van der Waals surface area contributed by atoms with Crippen molar-refractivity contribution in [3.63, 3.8) is 0 Å². The van der Waals surface area contributed by atoms with E-state index < -0.39 is 0 Å². The summed E-state index contributed by atoms with van der Waals surface area (Å²) in [7, 11) is 0. The minimum atomic E-state index is 0.580. The molecule has 0 radical (unpaired) electrons. The van der Waals surface area contributed by atoms with E-state index >= 15 is 0 Å². The Balaban J connectivity index is 1.72. The van der Waals surface area contributed by atoms with Crippen LogP contribution in [0.25, 0.3) is 11.0 Å². The molecule has 0 bridgehead atoms. The molecule has 3 nitrogen and oxygen atoms in total. The summed E-state index contributed by atoms with van der Waals surface area (Å²) in [6.07, 6.45) is 5.32. The van der Waals surface area contributed by atoms with E-state index in [0.717, 1.165) is 28.8 Å². The number of furan rings is 1. The van der Waals surface area contributed by atoms with Crippen LogP contribution in [-0.4, -0.2) is 6.04 Å². The summed E-state index contributed by atoms with van der Waals surface area (Å²) < 4.78 is 5.82. The fraction of sp³-hybridized carbons (Fsp3) is 0.467. The molecule has 1 saturated carbocycles. The number of hydrogen-bond acceptors (Lipinski definition) is 3. The van der Waals surface area contributed by atoms with Gasteiger partial charge in [-0.2, -0.15) is 0 Å². The normalized spacial score (nSPS) is 16.7. The molecule has 96 valence electrons. The van der Waals surface area contributed by atoms with Crippen LogP contribution in [0.2, 0.25) is 0 Å². The van der Waals surface area contributed by atoms with Gasteiger partial charge in [0.05, 0.1) is 6.54 Å². The lowest BCUT2D eigenvalue weighted by Crippen LogP contribution is -2.24. The molecular formula is C15H20N2O. The molecule has 1 aliphatic carbocycles. The van der Waals surface area contributed by atoms with Crippen LogP contribution in [0.15, 0.2) is 28.7 Å². The molecule has 0 saturated heterocycles. The maximum absolute atomic E-state index is 5.82. The van der Waals surface area contributed by atoms with Gasteiger partial charge in [0.2, 0.25) is 0 Å². The number of benzene rings is 1. The van der Waals surface area contributed by atoms with Crippen molar-refractivity contribution in [1.82, 2.24) is 5.32 Å². The molecule has 1 fully saturated rings. The molecule has 2 aromatic rings. The van der Waals surface area contributed by atoms with Crippen LogP contribution in [0.1, 0.15) is 37.0 Å². The van der Waals surface area contributed by atoms with Crippen molar-refractivity contribution in [3.05, 3.63) is 35.6 Å². The number of rotatable bonds is 4. The van der Waals surface area contributed by atoms with Crippen LogP contribution in [0.4, 0.5) is 0 Å². The van der Waals surface area contributed by atoms with Crippen molar-refractivity contribution in [2.75, 3.05) is 0 Å². The second-order valence-electron chi connectivity index (χ2n) is 5.15. The second-order valence-corrected chi connectivity index (χ2v) is 5.15. The first kappa shape index (κ1) is 11.8. The quantitative estimate of drug-likeness (QED) is 0.869. The summed E-state index contributed by atoms with van der Waals surface area (Å²) in [5, 5.41) is 4.72. The molecule has 0 aliphatic heterocycles. The van der Waals surface area contributed by atoms with Crippen LogP contribution in [0.3, 0.4) is 0 Å². The fourth-order valence-corrected chi connectivity index (χ4v) is 2.74. The SMILES string of the molecule is NCc1ccc2oc(CNC3CCCC3)cc2c1. The zero-order valence-corrected chi connectivity index (χ0v) is 10.6. The van der Waals surface area contributed by atoms with Gasteiger partial charge in [0.25, 0.3) is 0 Å². The topological polar surface area (TPSA) is 51.2 Å². The first-order valence-electron chi connectivity index (χ1n) is 6.80. The highest BCUT2D eigenvalue weighted by Gasteiger charge is 2.14. The first-order chi connectivity index (χ1) is 8.85. The lowest BCUT2D eigenvalue weighted by atomic mass is 10.1. The van der Waals surface area contributed by atoms with Crippen LogP contribution >= 0.6 is 0 Å². The van der Waals surface area contributed by atoms with Gasteiger partial charge in [-0.05, 0) is 36.6 Å². The molecule has 0 spiro atoms. The van der Waals surface area contributed by atoms with Crippen molar-refractivity contribution >= 4 is 11.0 Å². The van der Waals surface area contributed by atoms with Gasteiger partial charge in [0.1, 0.15) is 11.3 Å². The summed E-state index contributed by atoms with van der Waals surface area (Å²) >= 11 is 0. The van der Waals surface area contributed by atoms with Crippen molar-refractivity contribution in [1.29, 1.82) is 0 Å². The lowest BCUT2D eigenvalue weighted by molar-refractivity contribution is 0.462. The molecule has 18 heavy (non-hydrogen) atoms. The van der Waals surface area contributed by atoms with E-state index in [1.54, 1.807) is 0 Å². The van der Waals surface area contributed by atoms with E-state index in [-0.39, 0.29) is 0 Å². The van der Waals surface area contributed by atoms with Crippen molar-refractivity contribution in [2.24, 2.45) is 5.73 Å². The Bertz CT molecular complexity index is 526. The summed E-state index contributed by atoms with van der Waals surface area (Å²) in [5.74, 6) is 1.02. The van der Waals surface area contributed by atoms with Crippen LogP contribution in [-0.2, 0) is 13.1 Å². The molecular weight excluding hydrogens is 224 g/mol. The van der Waals surface area contributed by atoms with Gasteiger partial charge in [-0.1, -0.05) is 18.9 Å². The molecule has 3 rings (SSSR count). The average molecular weight is 244 g/mol. The van der Waals surface area contributed by atoms with E-state index in [1.807, 2.05) is 12.1 Å². The van der Waals surface area contributed by atoms with E-state index in [2.05, 4.69) is 17.4 Å². The average Bonchev–Trinajstić information content (AvgIpc) is 3.04. The fourth-order valence-electron chi connectivity index (χ4n) is 2.74. The Morgan fingerprint density at radius 2 is 2.06 bits per heavy atom. The van der Waals surface area contributed by atoms with Gasteiger partial charge >= 0.3 is 0 Å². The van der Waals surface area contributed by atoms with E-state index in [4.69, 9.17) is 10.2 Å². The molecule has 0 atom stereocenters. The molecule has 1 aromatic heterocycles. The van der Waals surface area contributed by atoms with Crippen LogP contribution in [0.5, 0.6) is 0 Å². The summed E-state index contributed by atoms with van der Waals surface area (Å²) in [5.41, 5.74) is 7.75. The predicted molar refractivity (Wildman–Crippen MR) is 73.2 cm³/mol. The van der Waals surface area contributed by atoms with Crippen molar-refractivity contribution < 1.29 is 4.42 Å². The number of nitrogens with two attached hydrogens (primary N) is 1. The Labute approximate surface area is 107 Å². The van der Waals surface area contributed by atoms with Crippen LogP contribution in [0, 0.1) is 0 Å². The minimum absolute atomic E-state index is 0.580. The highest BCUT2D eigenvalue weighted by atomic mass is 16.3.